The topological polar surface area (TPSA) is 119 Å². The van der Waals surface area contributed by atoms with Gasteiger partial charge in [-0.15, -0.1) is 0 Å². The van der Waals surface area contributed by atoms with Gasteiger partial charge in [-0.2, -0.15) is 0 Å². The van der Waals surface area contributed by atoms with Gasteiger partial charge in [0.05, 0.1) is 17.8 Å². The van der Waals surface area contributed by atoms with Crippen molar-refractivity contribution in [3.8, 4) is 17.2 Å². The molecule has 2 bridgehead atoms. The number of hydrogen-bond donors (Lipinski definition) is 2. The fraction of sp³-hybridized carbons (Fsp3) is 0.513. The van der Waals surface area contributed by atoms with Crippen molar-refractivity contribution < 1.29 is 38.8 Å². The van der Waals surface area contributed by atoms with Crippen LogP contribution in [0.1, 0.15) is 109 Å². The smallest absolute Gasteiger partial charge is 0.330 e. The summed E-state index contributed by atoms with van der Waals surface area (Å²) in [6.07, 6.45) is 13.9. The quantitative estimate of drug-likeness (QED) is 0.217. The first-order valence-electron chi connectivity index (χ1n) is 16.6. The Labute approximate surface area is 277 Å². The van der Waals surface area contributed by atoms with E-state index in [2.05, 4.69) is 26.0 Å². The van der Waals surface area contributed by atoms with Crippen LogP contribution in [0.5, 0.6) is 17.2 Å². The molecule has 1 saturated carbocycles. The van der Waals surface area contributed by atoms with Gasteiger partial charge in [0.25, 0.3) is 0 Å². The maximum absolute atomic E-state index is 14.5. The van der Waals surface area contributed by atoms with Crippen LogP contribution in [-0.4, -0.2) is 51.2 Å². The van der Waals surface area contributed by atoms with Gasteiger partial charge in [-0.1, -0.05) is 35.5 Å². The lowest BCUT2D eigenvalue weighted by Crippen LogP contribution is -2.46. The van der Waals surface area contributed by atoms with Crippen LogP contribution < -0.4 is 9.47 Å². The van der Waals surface area contributed by atoms with Gasteiger partial charge in [0.2, 0.25) is 0 Å². The molecule has 0 amide bonds. The molecule has 0 spiro atoms. The predicted octanol–water partition coefficient (Wildman–Crippen LogP) is 7.88. The molecule has 2 N–H and O–H groups in total. The Hall–Kier alpha value is -3.91. The fourth-order valence-corrected chi connectivity index (χ4v) is 7.06. The summed E-state index contributed by atoms with van der Waals surface area (Å²) in [5, 5.41) is 21.3. The van der Waals surface area contributed by atoms with Crippen LogP contribution in [0.4, 0.5) is 0 Å². The third-order valence-electron chi connectivity index (χ3n) is 9.84. The Morgan fingerprint density at radius 1 is 1.02 bits per heavy atom. The van der Waals surface area contributed by atoms with E-state index in [0.717, 1.165) is 18.4 Å². The van der Waals surface area contributed by atoms with E-state index >= 15 is 0 Å². The Morgan fingerprint density at radius 2 is 1.72 bits per heavy atom. The average Bonchev–Trinajstić information content (AvgIpc) is 3.15. The molecule has 4 atom stereocenters. The molecule has 0 radical (unpaired) electrons. The van der Waals surface area contributed by atoms with Crippen molar-refractivity contribution in [3.05, 3.63) is 69.4 Å². The molecule has 8 heteroatoms. The highest BCUT2D eigenvalue weighted by Gasteiger charge is 2.60. The number of carbonyl (C=O) groups is 3. The first-order valence-corrected chi connectivity index (χ1v) is 16.6. The molecule has 2 heterocycles. The number of carbonyl (C=O) groups excluding carboxylic acids is 2. The van der Waals surface area contributed by atoms with Crippen LogP contribution in [0.25, 0.3) is 6.08 Å². The number of rotatable bonds is 8. The molecule has 0 aromatic heterocycles. The number of benzene rings is 1. The molecule has 47 heavy (non-hydrogen) atoms. The number of phenols is 1. The maximum atomic E-state index is 14.5. The Morgan fingerprint density at radius 3 is 2.38 bits per heavy atom. The average molecular weight is 645 g/mol. The second-order valence-corrected chi connectivity index (χ2v) is 14.8. The van der Waals surface area contributed by atoms with Crippen molar-refractivity contribution in [1.82, 2.24) is 0 Å². The maximum Gasteiger partial charge on any atom is 0.330 e. The predicted molar refractivity (Wildman–Crippen MR) is 181 cm³/mol. The molecule has 1 aromatic carbocycles. The van der Waals surface area contributed by atoms with Gasteiger partial charge >= 0.3 is 5.97 Å². The highest BCUT2D eigenvalue weighted by Crippen LogP contribution is 2.56. The van der Waals surface area contributed by atoms with Gasteiger partial charge in [0.1, 0.15) is 34.0 Å². The Bertz CT molecular complexity index is 1660. The van der Waals surface area contributed by atoms with E-state index in [1.807, 2.05) is 46.8 Å². The molecule has 8 nitrogen and oxygen atoms in total. The molecule has 2 aliphatic carbocycles. The van der Waals surface area contributed by atoms with Crippen molar-refractivity contribution in [2.75, 3.05) is 6.61 Å². The minimum absolute atomic E-state index is 0.0814. The summed E-state index contributed by atoms with van der Waals surface area (Å²) in [7, 11) is 0. The van der Waals surface area contributed by atoms with E-state index in [9.17, 15) is 24.6 Å². The number of allylic oxidation sites excluding steroid dienone is 6. The second kappa shape index (κ2) is 12.6. The summed E-state index contributed by atoms with van der Waals surface area (Å²) in [4.78, 5) is 40.0. The second-order valence-electron chi connectivity index (χ2n) is 14.8. The van der Waals surface area contributed by atoms with Gasteiger partial charge in [-0.3, -0.25) is 9.59 Å². The number of Topliss-reactive ketones (excluding diaryl/α,β-unsaturated/α-hetero) is 2. The number of ether oxygens (including phenoxy) is 3. The molecule has 2 aliphatic heterocycles. The van der Waals surface area contributed by atoms with E-state index in [1.54, 1.807) is 6.08 Å². The van der Waals surface area contributed by atoms with Crippen LogP contribution >= 0.6 is 0 Å². The van der Waals surface area contributed by atoms with Crippen LogP contribution in [-0.2, 0) is 20.7 Å². The normalized spacial score (nSPS) is 27.5. The number of carboxylic acid groups (broad SMARTS) is 1. The number of aromatic hydroxyl groups is 1. The zero-order valence-corrected chi connectivity index (χ0v) is 28.9. The van der Waals surface area contributed by atoms with Crippen LogP contribution in [0.3, 0.4) is 0 Å². The summed E-state index contributed by atoms with van der Waals surface area (Å²) in [5.74, 6) is -1.93. The van der Waals surface area contributed by atoms with Gasteiger partial charge in [-0.25, -0.2) is 4.79 Å². The van der Waals surface area contributed by atoms with Crippen LogP contribution in [0.15, 0.2) is 52.7 Å². The first kappa shape index (κ1) is 34.4. The van der Waals surface area contributed by atoms with Crippen LogP contribution in [0, 0.1) is 11.8 Å². The largest absolute Gasteiger partial charge is 0.506 e. The molecule has 252 valence electrons. The molecule has 2 unspecified atom stereocenters. The monoisotopic (exact) mass is 644 g/mol. The lowest BCUT2D eigenvalue weighted by molar-refractivity contribution is -0.166. The standard InChI is InChI=1S/C39H48O8/c1-22(2)10-9-15-38(8)16-14-25-31(40)30-32(41)27-20-28-29(27)21-39(35(28)42,17-13-24(5)36(43)44)47-37(6,7)18-19-45-34(30)26(33(25)46-38)12-11-23(3)4/h10-11,13-14,16,20,28-29,40H,9,12,15,17-19,21H2,1-8H3,(H,43,44)/b24-13-/t28?,29?,38-,39-/m1/s1. The molecular weight excluding hydrogens is 596 g/mol. The van der Waals surface area contributed by atoms with Crippen molar-refractivity contribution in [3.63, 3.8) is 0 Å². The summed E-state index contributed by atoms with van der Waals surface area (Å²) < 4.78 is 19.9. The van der Waals surface area contributed by atoms with Crippen molar-refractivity contribution in [1.29, 1.82) is 0 Å². The first-order chi connectivity index (χ1) is 22.0. The molecule has 1 aromatic rings. The van der Waals surface area contributed by atoms with E-state index in [4.69, 9.17) is 14.2 Å². The molecule has 1 fully saturated rings. The number of hydrogen-bond acceptors (Lipinski definition) is 7. The number of aliphatic carboxylic acids is 1. The highest BCUT2D eigenvalue weighted by molar-refractivity contribution is 6.16. The van der Waals surface area contributed by atoms with Gasteiger partial charge < -0.3 is 24.4 Å². The van der Waals surface area contributed by atoms with Gasteiger partial charge in [-0.05, 0) is 93.2 Å². The number of carboxylic acids is 1. The van der Waals surface area contributed by atoms with E-state index in [0.29, 0.717) is 41.0 Å². The van der Waals surface area contributed by atoms with Gasteiger partial charge in [0.15, 0.2) is 11.6 Å². The molecule has 5 rings (SSSR count). The van der Waals surface area contributed by atoms with Crippen LogP contribution in [0.2, 0.25) is 0 Å². The fourth-order valence-electron chi connectivity index (χ4n) is 7.06. The van der Waals surface area contributed by atoms with E-state index in [1.165, 1.54) is 18.6 Å². The summed E-state index contributed by atoms with van der Waals surface area (Å²) >= 11 is 0. The number of fused-ring (bicyclic) bond motifs is 3. The zero-order chi connectivity index (χ0) is 34.5. The third kappa shape index (κ3) is 6.62. The van der Waals surface area contributed by atoms with Crippen molar-refractivity contribution >= 4 is 23.6 Å². The van der Waals surface area contributed by atoms with Crippen molar-refractivity contribution in [2.45, 2.75) is 111 Å². The lowest BCUT2D eigenvalue weighted by Gasteiger charge is -2.38. The number of phenolic OH excluding ortho intramolecular Hbond substituents is 1. The molecule has 0 saturated heterocycles. The SMILES string of the molecule is CC(C)=CCC[C@]1(C)C=Cc2c(O)c3c(c(CC=C(C)C)c2O1)OCCC(C)(C)O[C@]1(C/C=C(/C)C(=O)O)CC2C(=CC2C1=O)C3=O. The summed E-state index contributed by atoms with van der Waals surface area (Å²) in [6, 6.07) is 0. The van der Waals surface area contributed by atoms with Crippen molar-refractivity contribution in [2.24, 2.45) is 11.8 Å². The lowest BCUT2D eigenvalue weighted by atomic mass is 9.73. The van der Waals surface area contributed by atoms with E-state index in [-0.39, 0.29) is 47.9 Å². The summed E-state index contributed by atoms with van der Waals surface area (Å²) in [5.41, 5.74) is 1.36. The number of ketones is 2. The third-order valence-corrected chi connectivity index (χ3v) is 9.84. The molecular formula is C39H48O8. The van der Waals surface area contributed by atoms with E-state index < -0.39 is 34.6 Å². The Kier molecular flexibility index (Phi) is 9.23. The summed E-state index contributed by atoms with van der Waals surface area (Å²) in [6.45, 7) is 15.6. The minimum atomic E-state index is -1.28. The van der Waals surface area contributed by atoms with Gasteiger partial charge in [0, 0.05) is 41.4 Å². The molecule has 4 aliphatic rings. The highest BCUT2D eigenvalue weighted by atomic mass is 16.5. The zero-order valence-electron chi connectivity index (χ0n) is 28.9. The Balaban J connectivity index is 1.63. The minimum Gasteiger partial charge on any atom is -0.506 e.